The summed E-state index contributed by atoms with van der Waals surface area (Å²) in [6.07, 6.45) is 1.46. The topological polar surface area (TPSA) is 128 Å². The standard InChI is InChI=1S/C20H16BrN3O7/c1-30-18(25)10-23-19(26)16(22-20(23)27)9-12-5-6-17(15(21)8-12)31-11-13-3-2-4-14(7-13)24(28)29/h2-9H,10-11H2,1H3,(H,22,27)/b16-9+. The van der Waals surface area contributed by atoms with Gasteiger partial charge in [-0.15, -0.1) is 0 Å². The van der Waals surface area contributed by atoms with Gasteiger partial charge in [0.15, 0.2) is 0 Å². The maximum atomic E-state index is 12.3. The van der Waals surface area contributed by atoms with Gasteiger partial charge in [0.05, 0.1) is 16.5 Å². The summed E-state index contributed by atoms with van der Waals surface area (Å²) in [5.41, 5.74) is 1.23. The number of nitro groups is 1. The summed E-state index contributed by atoms with van der Waals surface area (Å²) in [6.45, 7) is -0.357. The highest BCUT2D eigenvalue weighted by atomic mass is 79.9. The highest BCUT2D eigenvalue weighted by molar-refractivity contribution is 9.10. The Morgan fingerprint density at radius 3 is 2.71 bits per heavy atom. The van der Waals surface area contributed by atoms with Crippen LogP contribution in [0.5, 0.6) is 5.75 Å². The van der Waals surface area contributed by atoms with Crippen LogP contribution in [-0.2, 0) is 20.9 Å². The molecule has 10 nitrogen and oxygen atoms in total. The van der Waals surface area contributed by atoms with E-state index in [1.807, 2.05) is 0 Å². The lowest BCUT2D eigenvalue weighted by Crippen LogP contribution is -2.36. The largest absolute Gasteiger partial charge is 0.488 e. The maximum Gasteiger partial charge on any atom is 0.329 e. The Morgan fingerprint density at radius 1 is 1.26 bits per heavy atom. The number of esters is 1. The van der Waals surface area contributed by atoms with Crippen molar-refractivity contribution in [1.29, 1.82) is 0 Å². The number of carbonyl (C=O) groups is 3. The van der Waals surface area contributed by atoms with Gasteiger partial charge >= 0.3 is 12.0 Å². The zero-order valence-corrected chi connectivity index (χ0v) is 17.7. The van der Waals surface area contributed by atoms with Crippen LogP contribution in [0.15, 0.2) is 52.6 Å². The average molecular weight is 490 g/mol. The van der Waals surface area contributed by atoms with Crippen molar-refractivity contribution < 1.29 is 28.8 Å². The summed E-state index contributed by atoms with van der Waals surface area (Å²) >= 11 is 3.38. The molecule has 11 heteroatoms. The number of rotatable bonds is 7. The zero-order valence-electron chi connectivity index (χ0n) is 16.2. The summed E-state index contributed by atoms with van der Waals surface area (Å²) in [5, 5.41) is 13.3. The number of ether oxygens (including phenoxy) is 2. The molecule has 3 amide bonds. The minimum absolute atomic E-state index is 0.0195. The molecule has 1 heterocycles. The van der Waals surface area contributed by atoms with Gasteiger partial charge in [0.2, 0.25) is 0 Å². The SMILES string of the molecule is COC(=O)CN1C(=O)N/C(=C/c2ccc(OCc3cccc([N+](=O)[O-])c3)c(Br)c2)C1=O. The van der Waals surface area contributed by atoms with Crippen LogP contribution >= 0.6 is 15.9 Å². The molecule has 1 N–H and O–H groups in total. The fourth-order valence-corrected chi connectivity index (χ4v) is 3.23. The van der Waals surface area contributed by atoms with E-state index in [1.165, 1.54) is 18.2 Å². The van der Waals surface area contributed by atoms with E-state index in [-0.39, 0.29) is 18.0 Å². The zero-order chi connectivity index (χ0) is 22.5. The Kier molecular flexibility index (Phi) is 6.65. The minimum atomic E-state index is -0.711. The Labute approximate surface area is 184 Å². The van der Waals surface area contributed by atoms with Crippen LogP contribution in [0.3, 0.4) is 0 Å². The van der Waals surface area contributed by atoms with Gasteiger partial charge in [-0.25, -0.2) is 9.69 Å². The van der Waals surface area contributed by atoms with E-state index in [2.05, 4.69) is 26.0 Å². The van der Waals surface area contributed by atoms with E-state index in [9.17, 15) is 24.5 Å². The first-order valence-corrected chi connectivity index (χ1v) is 9.65. The van der Waals surface area contributed by atoms with E-state index < -0.39 is 29.4 Å². The van der Waals surface area contributed by atoms with E-state index in [0.717, 1.165) is 12.0 Å². The first kappa shape index (κ1) is 22.0. The Balaban J connectivity index is 1.70. The number of benzene rings is 2. The van der Waals surface area contributed by atoms with Gasteiger partial charge < -0.3 is 14.8 Å². The number of non-ortho nitro benzene ring substituents is 1. The van der Waals surface area contributed by atoms with Crippen LogP contribution in [0.2, 0.25) is 0 Å². The normalized spacial score (nSPS) is 14.5. The van der Waals surface area contributed by atoms with Crippen LogP contribution in [0.1, 0.15) is 11.1 Å². The van der Waals surface area contributed by atoms with Gasteiger partial charge in [0.25, 0.3) is 11.6 Å². The quantitative estimate of drug-likeness (QED) is 0.208. The smallest absolute Gasteiger partial charge is 0.329 e. The summed E-state index contributed by atoms with van der Waals surface area (Å²) < 4.78 is 10.8. The third-order valence-corrected chi connectivity index (χ3v) is 4.88. The fourth-order valence-electron chi connectivity index (χ4n) is 2.72. The second-order valence-corrected chi connectivity index (χ2v) is 7.22. The van der Waals surface area contributed by atoms with Crippen molar-refractivity contribution in [3.8, 4) is 5.75 Å². The third-order valence-electron chi connectivity index (χ3n) is 4.26. The lowest BCUT2D eigenvalue weighted by Gasteiger charge is -2.09. The Bertz CT molecular complexity index is 1100. The molecule has 0 spiro atoms. The molecule has 0 bridgehead atoms. The first-order chi connectivity index (χ1) is 14.8. The monoisotopic (exact) mass is 489 g/mol. The van der Waals surface area contributed by atoms with Crippen molar-refractivity contribution in [3.05, 3.63) is 73.9 Å². The van der Waals surface area contributed by atoms with Gasteiger partial charge in [0.1, 0.15) is 24.6 Å². The van der Waals surface area contributed by atoms with Crippen molar-refractivity contribution in [1.82, 2.24) is 10.2 Å². The summed E-state index contributed by atoms with van der Waals surface area (Å²) in [4.78, 5) is 46.8. The molecule has 0 atom stereocenters. The molecule has 1 aliphatic rings. The Morgan fingerprint density at radius 2 is 2.03 bits per heavy atom. The van der Waals surface area contributed by atoms with Crippen LogP contribution < -0.4 is 10.1 Å². The molecule has 0 unspecified atom stereocenters. The first-order valence-electron chi connectivity index (χ1n) is 8.85. The van der Waals surface area contributed by atoms with Crippen molar-refractivity contribution in [2.24, 2.45) is 0 Å². The molecule has 1 saturated heterocycles. The number of methoxy groups -OCH3 is 1. The molecule has 1 aliphatic heterocycles. The number of nitrogens with one attached hydrogen (secondary N) is 1. The molecule has 160 valence electrons. The molecule has 2 aromatic carbocycles. The number of amides is 3. The second-order valence-electron chi connectivity index (χ2n) is 6.36. The maximum absolute atomic E-state index is 12.3. The molecule has 0 aliphatic carbocycles. The van der Waals surface area contributed by atoms with Gasteiger partial charge in [0, 0.05) is 12.1 Å². The lowest BCUT2D eigenvalue weighted by molar-refractivity contribution is -0.384. The number of halogens is 1. The van der Waals surface area contributed by atoms with E-state index in [0.29, 0.717) is 21.3 Å². The van der Waals surface area contributed by atoms with Gasteiger partial charge in [-0.1, -0.05) is 18.2 Å². The van der Waals surface area contributed by atoms with Crippen LogP contribution in [0.4, 0.5) is 10.5 Å². The molecular formula is C20H16BrN3O7. The number of nitro benzene ring substituents is 1. The van der Waals surface area contributed by atoms with Crippen molar-refractivity contribution >= 4 is 45.6 Å². The molecule has 0 radical (unpaired) electrons. The predicted molar refractivity (Wildman–Crippen MR) is 112 cm³/mol. The lowest BCUT2D eigenvalue weighted by atomic mass is 10.2. The van der Waals surface area contributed by atoms with E-state index >= 15 is 0 Å². The summed E-state index contributed by atoms with van der Waals surface area (Å²) in [7, 11) is 1.16. The molecule has 3 rings (SSSR count). The number of carbonyl (C=O) groups excluding carboxylic acids is 3. The number of nitrogens with zero attached hydrogens (tertiary/aromatic N) is 2. The van der Waals surface area contributed by atoms with Crippen molar-refractivity contribution in [2.45, 2.75) is 6.61 Å². The van der Waals surface area contributed by atoms with Gasteiger partial charge in [-0.05, 0) is 45.3 Å². The fraction of sp³-hybridized carbons (Fsp3) is 0.150. The molecule has 0 saturated carbocycles. The van der Waals surface area contributed by atoms with Crippen molar-refractivity contribution in [3.63, 3.8) is 0 Å². The number of imide groups is 1. The number of urea groups is 1. The number of hydrogen-bond donors (Lipinski definition) is 1. The molecule has 2 aromatic rings. The minimum Gasteiger partial charge on any atom is -0.488 e. The summed E-state index contributed by atoms with van der Waals surface area (Å²) in [6, 6.07) is 10.4. The predicted octanol–water partition coefficient (Wildman–Crippen LogP) is 3.00. The van der Waals surface area contributed by atoms with Crippen LogP contribution in [-0.4, -0.2) is 41.4 Å². The highest BCUT2D eigenvalue weighted by Crippen LogP contribution is 2.28. The van der Waals surface area contributed by atoms with Gasteiger partial charge in [-0.2, -0.15) is 0 Å². The molecular weight excluding hydrogens is 474 g/mol. The van der Waals surface area contributed by atoms with Crippen LogP contribution in [0.25, 0.3) is 6.08 Å². The Hall–Kier alpha value is -3.73. The molecule has 0 aromatic heterocycles. The highest BCUT2D eigenvalue weighted by Gasteiger charge is 2.35. The van der Waals surface area contributed by atoms with E-state index in [4.69, 9.17) is 4.74 Å². The molecule has 31 heavy (non-hydrogen) atoms. The van der Waals surface area contributed by atoms with Crippen LogP contribution in [0, 0.1) is 10.1 Å². The number of hydrogen-bond acceptors (Lipinski definition) is 7. The average Bonchev–Trinajstić information content (AvgIpc) is 3.00. The van der Waals surface area contributed by atoms with Gasteiger partial charge in [-0.3, -0.25) is 19.7 Å². The van der Waals surface area contributed by atoms with Crippen molar-refractivity contribution in [2.75, 3.05) is 13.7 Å². The third kappa shape index (κ3) is 5.25. The summed E-state index contributed by atoms with van der Waals surface area (Å²) in [5.74, 6) is -0.863. The molecule has 1 fully saturated rings. The second kappa shape index (κ2) is 9.39. The van der Waals surface area contributed by atoms with E-state index in [1.54, 1.807) is 30.3 Å².